The Morgan fingerprint density at radius 1 is 1.29 bits per heavy atom. The van der Waals surface area contributed by atoms with E-state index in [-0.39, 0.29) is 11.9 Å². The fourth-order valence-electron chi connectivity index (χ4n) is 1.99. The minimum atomic E-state index is -0.247. The van der Waals surface area contributed by atoms with Gasteiger partial charge in [-0.15, -0.1) is 0 Å². The second kappa shape index (κ2) is 9.42. The zero-order chi connectivity index (χ0) is 13.3. The van der Waals surface area contributed by atoms with E-state index in [0.29, 0.717) is 6.04 Å². The van der Waals surface area contributed by atoms with Crippen LogP contribution in [0.15, 0.2) is 0 Å². The van der Waals surface area contributed by atoms with Crippen molar-refractivity contribution in [1.82, 2.24) is 10.2 Å². The third-order valence-corrected chi connectivity index (χ3v) is 3.24. The molecule has 0 rings (SSSR count). The van der Waals surface area contributed by atoms with E-state index in [1.165, 1.54) is 0 Å². The monoisotopic (exact) mass is 243 g/mol. The Morgan fingerprint density at radius 2 is 1.88 bits per heavy atom. The van der Waals surface area contributed by atoms with Gasteiger partial charge in [-0.05, 0) is 45.8 Å². The number of carbonyl (C=O) groups is 1. The van der Waals surface area contributed by atoms with Crippen LogP contribution >= 0.6 is 0 Å². The fourth-order valence-corrected chi connectivity index (χ4v) is 1.99. The van der Waals surface area contributed by atoms with E-state index in [2.05, 4.69) is 31.0 Å². The lowest BCUT2D eigenvalue weighted by molar-refractivity contribution is -0.120. The van der Waals surface area contributed by atoms with Crippen LogP contribution in [0, 0.1) is 0 Å². The van der Waals surface area contributed by atoms with Gasteiger partial charge in [-0.3, -0.25) is 4.79 Å². The van der Waals surface area contributed by atoms with Crippen LogP contribution in [0.5, 0.6) is 0 Å². The molecule has 3 N–H and O–H groups in total. The van der Waals surface area contributed by atoms with Crippen LogP contribution in [-0.4, -0.2) is 42.5 Å². The summed E-state index contributed by atoms with van der Waals surface area (Å²) in [6, 6.07) is 0.168. The van der Waals surface area contributed by atoms with Gasteiger partial charge in [-0.25, -0.2) is 0 Å². The molecule has 0 heterocycles. The van der Waals surface area contributed by atoms with Gasteiger partial charge >= 0.3 is 0 Å². The summed E-state index contributed by atoms with van der Waals surface area (Å²) in [7, 11) is 0. The van der Waals surface area contributed by atoms with E-state index in [1.807, 2.05) is 6.92 Å². The Bertz CT molecular complexity index is 205. The molecule has 1 amide bonds. The topological polar surface area (TPSA) is 58.4 Å². The zero-order valence-corrected chi connectivity index (χ0v) is 11.8. The average molecular weight is 243 g/mol. The molecule has 2 atom stereocenters. The number of nitrogens with zero attached hydrogens (tertiary/aromatic N) is 1. The molecule has 0 spiro atoms. The third-order valence-electron chi connectivity index (χ3n) is 3.24. The average Bonchev–Trinajstić information content (AvgIpc) is 2.31. The Labute approximate surface area is 106 Å². The van der Waals surface area contributed by atoms with E-state index < -0.39 is 0 Å². The van der Waals surface area contributed by atoms with E-state index in [9.17, 15) is 4.79 Å². The Hall–Kier alpha value is -0.610. The van der Waals surface area contributed by atoms with Gasteiger partial charge in [-0.1, -0.05) is 20.8 Å². The molecule has 4 heteroatoms. The third kappa shape index (κ3) is 7.34. The quantitative estimate of drug-likeness (QED) is 0.609. The highest BCUT2D eigenvalue weighted by atomic mass is 16.1. The first-order valence-corrected chi connectivity index (χ1v) is 6.82. The van der Waals surface area contributed by atoms with Crippen molar-refractivity contribution < 1.29 is 4.79 Å². The molecule has 0 saturated heterocycles. The first-order chi connectivity index (χ1) is 8.04. The number of primary amides is 1. The summed E-state index contributed by atoms with van der Waals surface area (Å²) in [6.45, 7) is 11.8. The highest BCUT2D eigenvalue weighted by molar-refractivity contribution is 5.79. The van der Waals surface area contributed by atoms with Gasteiger partial charge < -0.3 is 16.0 Å². The van der Waals surface area contributed by atoms with Gasteiger partial charge in [0.1, 0.15) is 0 Å². The highest BCUT2D eigenvalue weighted by Gasteiger charge is 2.15. The molecule has 0 bridgehead atoms. The molecule has 0 aliphatic carbocycles. The molecular weight excluding hydrogens is 214 g/mol. The van der Waals surface area contributed by atoms with Crippen LogP contribution < -0.4 is 11.1 Å². The number of hydrogen-bond donors (Lipinski definition) is 2. The van der Waals surface area contributed by atoms with Crippen molar-refractivity contribution in [1.29, 1.82) is 0 Å². The van der Waals surface area contributed by atoms with Gasteiger partial charge in [0, 0.05) is 6.04 Å². The van der Waals surface area contributed by atoms with Crippen molar-refractivity contribution in [3.8, 4) is 0 Å². The zero-order valence-electron chi connectivity index (χ0n) is 11.8. The molecule has 0 aliphatic heterocycles. The van der Waals surface area contributed by atoms with E-state index in [0.717, 1.165) is 38.9 Å². The summed E-state index contributed by atoms with van der Waals surface area (Å²) in [5.41, 5.74) is 5.31. The summed E-state index contributed by atoms with van der Waals surface area (Å²) in [6.07, 6.45) is 3.00. The SMILES string of the molecule is CCC(NC(C)CCCN(CC)CC)C(N)=O. The Morgan fingerprint density at radius 3 is 2.29 bits per heavy atom. The van der Waals surface area contributed by atoms with Crippen LogP contribution in [-0.2, 0) is 4.79 Å². The second-order valence-electron chi connectivity index (χ2n) is 4.60. The van der Waals surface area contributed by atoms with Gasteiger partial charge in [0.15, 0.2) is 0 Å². The van der Waals surface area contributed by atoms with Crippen LogP contribution in [0.25, 0.3) is 0 Å². The lowest BCUT2D eigenvalue weighted by atomic mass is 10.1. The predicted molar refractivity (Wildman–Crippen MR) is 72.9 cm³/mol. The van der Waals surface area contributed by atoms with Crippen molar-refractivity contribution in [3.63, 3.8) is 0 Å². The second-order valence-corrected chi connectivity index (χ2v) is 4.60. The van der Waals surface area contributed by atoms with Crippen molar-refractivity contribution in [2.75, 3.05) is 19.6 Å². The van der Waals surface area contributed by atoms with Gasteiger partial charge in [-0.2, -0.15) is 0 Å². The Kier molecular flexibility index (Phi) is 9.09. The largest absolute Gasteiger partial charge is 0.368 e. The van der Waals surface area contributed by atoms with Crippen LogP contribution in [0.4, 0.5) is 0 Å². The molecule has 0 aromatic heterocycles. The summed E-state index contributed by atoms with van der Waals surface area (Å²) in [5.74, 6) is -0.247. The fraction of sp³-hybridized carbons (Fsp3) is 0.923. The van der Waals surface area contributed by atoms with Crippen molar-refractivity contribution in [2.45, 2.75) is 59.0 Å². The molecule has 17 heavy (non-hydrogen) atoms. The Balaban J connectivity index is 3.78. The lowest BCUT2D eigenvalue weighted by Gasteiger charge is -2.22. The number of amides is 1. The molecule has 0 radical (unpaired) electrons. The summed E-state index contributed by atoms with van der Waals surface area (Å²) in [5, 5.41) is 3.28. The predicted octanol–water partition coefficient (Wildman–Crippen LogP) is 1.35. The van der Waals surface area contributed by atoms with Gasteiger partial charge in [0.05, 0.1) is 6.04 Å². The molecule has 4 nitrogen and oxygen atoms in total. The summed E-state index contributed by atoms with van der Waals surface area (Å²) < 4.78 is 0. The first-order valence-electron chi connectivity index (χ1n) is 6.82. The standard InChI is InChI=1S/C13H29N3O/c1-5-12(13(14)17)15-11(4)9-8-10-16(6-2)7-3/h11-12,15H,5-10H2,1-4H3,(H2,14,17). The molecule has 0 saturated carbocycles. The molecule has 2 unspecified atom stereocenters. The first kappa shape index (κ1) is 16.4. The van der Waals surface area contributed by atoms with Crippen LogP contribution in [0.2, 0.25) is 0 Å². The maximum Gasteiger partial charge on any atom is 0.234 e. The summed E-state index contributed by atoms with van der Waals surface area (Å²) >= 11 is 0. The van der Waals surface area contributed by atoms with Crippen molar-refractivity contribution in [3.05, 3.63) is 0 Å². The van der Waals surface area contributed by atoms with E-state index >= 15 is 0 Å². The van der Waals surface area contributed by atoms with Gasteiger partial charge in [0.25, 0.3) is 0 Å². The maximum atomic E-state index is 11.1. The molecule has 102 valence electrons. The number of hydrogen-bond acceptors (Lipinski definition) is 3. The minimum Gasteiger partial charge on any atom is -0.368 e. The number of rotatable bonds is 10. The minimum absolute atomic E-state index is 0.182. The van der Waals surface area contributed by atoms with Crippen LogP contribution in [0.3, 0.4) is 0 Å². The maximum absolute atomic E-state index is 11.1. The van der Waals surface area contributed by atoms with E-state index in [4.69, 9.17) is 5.73 Å². The summed E-state index contributed by atoms with van der Waals surface area (Å²) in [4.78, 5) is 13.5. The molecule has 0 aromatic rings. The normalized spacial score (nSPS) is 14.9. The van der Waals surface area contributed by atoms with Crippen molar-refractivity contribution in [2.24, 2.45) is 5.73 Å². The molecule has 0 fully saturated rings. The lowest BCUT2D eigenvalue weighted by Crippen LogP contribution is -2.45. The number of nitrogens with one attached hydrogen (secondary N) is 1. The molecule has 0 aromatic carbocycles. The van der Waals surface area contributed by atoms with Crippen LogP contribution in [0.1, 0.15) is 47.0 Å². The molecular formula is C13H29N3O. The highest BCUT2D eigenvalue weighted by Crippen LogP contribution is 2.02. The number of nitrogens with two attached hydrogens (primary N) is 1. The smallest absolute Gasteiger partial charge is 0.234 e. The molecule has 0 aliphatic rings. The van der Waals surface area contributed by atoms with E-state index in [1.54, 1.807) is 0 Å². The number of carbonyl (C=O) groups excluding carboxylic acids is 1. The van der Waals surface area contributed by atoms with Crippen molar-refractivity contribution >= 4 is 5.91 Å². The van der Waals surface area contributed by atoms with Gasteiger partial charge in [0.2, 0.25) is 5.91 Å².